The van der Waals surface area contributed by atoms with Crippen LogP contribution in [0.15, 0.2) is 5.38 Å². The highest BCUT2D eigenvalue weighted by Crippen LogP contribution is 2.21. The summed E-state index contributed by atoms with van der Waals surface area (Å²) in [5.41, 5.74) is 0.0980. The third-order valence-corrected chi connectivity index (χ3v) is 3.12. The SMILES string of the molecule is O=C(CCl)Nc1nc([C@H](NC(=O)CCl)C(=O)O)cs1. The molecule has 0 unspecified atom stereocenters. The lowest BCUT2D eigenvalue weighted by molar-refractivity contribution is -0.141. The van der Waals surface area contributed by atoms with Crippen LogP contribution in [0.5, 0.6) is 0 Å². The fourth-order valence-electron chi connectivity index (χ4n) is 1.09. The van der Waals surface area contributed by atoms with Crippen molar-refractivity contribution in [3.05, 3.63) is 11.1 Å². The fourth-order valence-corrected chi connectivity index (χ4v) is 1.99. The minimum Gasteiger partial charge on any atom is -0.479 e. The first-order valence-corrected chi connectivity index (χ1v) is 6.82. The molecule has 2 amide bonds. The van der Waals surface area contributed by atoms with Crippen LogP contribution in [0.1, 0.15) is 11.7 Å². The highest BCUT2D eigenvalue weighted by Gasteiger charge is 2.24. The molecule has 3 N–H and O–H groups in total. The summed E-state index contributed by atoms with van der Waals surface area (Å²) in [5.74, 6) is -2.96. The van der Waals surface area contributed by atoms with Gasteiger partial charge < -0.3 is 15.7 Å². The molecule has 0 spiro atoms. The summed E-state index contributed by atoms with van der Waals surface area (Å²) in [6, 6.07) is -1.32. The Balaban J connectivity index is 2.83. The number of carbonyl (C=O) groups excluding carboxylic acids is 2. The van der Waals surface area contributed by atoms with Gasteiger partial charge in [0.2, 0.25) is 11.8 Å². The van der Waals surface area contributed by atoms with Crippen LogP contribution in [0.25, 0.3) is 0 Å². The van der Waals surface area contributed by atoms with Crippen molar-refractivity contribution in [2.45, 2.75) is 6.04 Å². The number of nitrogens with zero attached hydrogens (tertiary/aromatic N) is 1. The van der Waals surface area contributed by atoms with Gasteiger partial charge in [-0.1, -0.05) is 0 Å². The predicted octanol–water partition coefficient (Wildman–Crippen LogP) is 0.801. The van der Waals surface area contributed by atoms with Gasteiger partial charge in [-0.2, -0.15) is 0 Å². The maximum absolute atomic E-state index is 11.1. The first-order chi connectivity index (χ1) is 8.97. The lowest BCUT2D eigenvalue weighted by Crippen LogP contribution is -2.34. The molecule has 1 rings (SSSR count). The normalized spacial score (nSPS) is 11.7. The molecule has 0 radical (unpaired) electrons. The summed E-state index contributed by atoms with van der Waals surface area (Å²) in [6.45, 7) is 0. The van der Waals surface area contributed by atoms with Crippen LogP contribution in [0.3, 0.4) is 0 Å². The summed E-state index contributed by atoms with van der Waals surface area (Å²) in [5, 5.41) is 15.2. The Morgan fingerprint density at radius 3 is 2.47 bits per heavy atom. The van der Waals surface area contributed by atoms with Crippen LogP contribution in [-0.4, -0.2) is 39.6 Å². The number of aromatic nitrogens is 1. The number of nitrogens with one attached hydrogen (secondary N) is 2. The van der Waals surface area contributed by atoms with E-state index >= 15 is 0 Å². The number of halogens is 2. The van der Waals surface area contributed by atoms with Crippen LogP contribution >= 0.6 is 34.5 Å². The number of carboxylic acid groups (broad SMARTS) is 1. The summed E-state index contributed by atoms with van der Waals surface area (Å²) < 4.78 is 0. The molecule has 104 valence electrons. The number of anilines is 1. The highest BCUT2D eigenvalue weighted by molar-refractivity contribution is 7.14. The van der Waals surface area contributed by atoms with E-state index in [0.717, 1.165) is 11.3 Å². The Kier molecular flexibility index (Phi) is 6.00. The Labute approximate surface area is 121 Å². The molecule has 1 aromatic rings. The number of carbonyl (C=O) groups is 3. The first-order valence-electron chi connectivity index (χ1n) is 4.87. The van der Waals surface area contributed by atoms with Crippen LogP contribution in [0.2, 0.25) is 0 Å². The van der Waals surface area contributed by atoms with Crippen LogP contribution in [0.4, 0.5) is 5.13 Å². The molecule has 10 heteroatoms. The molecule has 0 fully saturated rings. The van der Waals surface area contributed by atoms with Gasteiger partial charge in [-0.15, -0.1) is 34.5 Å². The number of rotatable bonds is 6. The molecule has 1 atom stereocenters. The number of carboxylic acids is 1. The minimum absolute atomic E-state index is 0.0980. The van der Waals surface area contributed by atoms with E-state index in [1.807, 2.05) is 0 Å². The van der Waals surface area contributed by atoms with Gasteiger partial charge in [0.25, 0.3) is 0 Å². The standard InChI is InChI=1S/C9H9Cl2N3O4S/c10-1-5(15)13-7(8(17)18)4-3-19-9(12-4)14-6(16)2-11/h3,7H,1-2H2,(H,13,15)(H,17,18)(H,12,14,16)/t7-/m0/s1. The van der Waals surface area contributed by atoms with Crippen molar-refractivity contribution in [1.82, 2.24) is 10.3 Å². The van der Waals surface area contributed by atoms with Gasteiger partial charge in [0.05, 0.1) is 5.69 Å². The maximum atomic E-state index is 11.1. The Bertz CT molecular complexity index is 494. The number of hydrogen-bond acceptors (Lipinski definition) is 5. The predicted molar refractivity (Wildman–Crippen MR) is 70.7 cm³/mol. The molecule has 0 aliphatic heterocycles. The molecule has 1 heterocycles. The lowest BCUT2D eigenvalue weighted by Gasteiger charge is -2.10. The third kappa shape index (κ3) is 4.66. The van der Waals surface area contributed by atoms with Crippen LogP contribution in [0, 0.1) is 0 Å². The second-order valence-electron chi connectivity index (χ2n) is 3.23. The number of amides is 2. The second kappa shape index (κ2) is 7.27. The van der Waals surface area contributed by atoms with Gasteiger partial charge in [0.15, 0.2) is 11.2 Å². The van der Waals surface area contributed by atoms with E-state index in [0.29, 0.717) is 0 Å². The Morgan fingerprint density at radius 1 is 1.32 bits per heavy atom. The fraction of sp³-hybridized carbons (Fsp3) is 0.333. The Morgan fingerprint density at radius 2 is 1.95 bits per heavy atom. The monoisotopic (exact) mass is 325 g/mol. The summed E-state index contributed by atoms with van der Waals surface area (Å²) in [7, 11) is 0. The van der Waals surface area contributed by atoms with E-state index in [-0.39, 0.29) is 22.6 Å². The largest absolute Gasteiger partial charge is 0.479 e. The third-order valence-electron chi connectivity index (χ3n) is 1.86. The van der Waals surface area contributed by atoms with E-state index in [4.69, 9.17) is 28.3 Å². The van der Waals surface area contributed by atoms with Crippen molar-refractivity contribution in [3.8, 4) is 0 Å². The van der Waals surface area contributed by atoms with Crippen molar-refractivity contribution < 1.29 is 19.5 Å². The summed E-state index contributed by atoms with van der Waals surface area (Å²) >= 11 is 11.6. The lowest BCUT2D eigenvalue weighted by atomic mass is 10.2. The summed E-state index contributed by atoms with van der Waals surface area (Å²) in [6.07, 6.45) is 0. The zero-order chi connectivity index (χ0) is 14.4. The van der Waals surface area contributed by atoms with E-state index in [1.165, 1.54) is 5.38 Å². The average molecular weight is 326 g/mol. The molecule has 0 aromatic carbocycles. The molecule has 1 aromatic heterocycles. The zero-order valence-electron chi connectivity index (χ0n) is 9.35. The Hall–Kier alpha value is -1.38. The van der Waals surface area contributed by atoms with E-state index < -0.39 is 23.8 Å². The molecular formula is C9H9Cl2N3O4S. The number of alkyl halides is 2. The molecule has 0 aliphatic rings. The van der Waals surface area contributed by atoms with Crippen LogP contribution < -0.4 is 10.6 Å². The molecule has 19 heavy (non-hydrogen) atoms. The molecule has 0 bridgehead atoms. The quantitative estimate of drug-likeness (QED) is 0.670. The van der Waals surface area contributed by atoms with Crippen molar-refractivity contribution >= 4 is 57.5 Å². The van der Waals surface area contributed by atoms with Gasteiger partial charge in [0, 0.05) is 5.38 Å². The first kappa shape index (κ1) is 15.7. The minimum atomic E-state index is -1.32. The van der Waals surface area contributed by atoms with Gasteiger partial charge in [-0.3, -0.25) is 9.59 Å². The summed E-state index contributed by atoms with van der Waals surface area (Å²) in [4.78, 5) is 37.1. The van der Waals surface area contributed by atoms with Crippen molar-refractivity contribution in [3.63, 3.8) is 0 Å². The molecule has 0 aliphatic carbocycles. The number of aliphatic carboxylic acids is 1. The van der Waals surface area contributed by atoms with E-state index in [9.17, 15) is 14.4 Å². The van der Waals surface area contributed by atoms with Gasteiger partial charge in [-0.25, -0.2) is 9.78 Å². The van der Waals surface area contributed by atoms with Crippen LogP contribution in [-0.2, 0) is 14.4 Å². The van der Waals surface area contributed by atoms with E-state index in [1.54, 1.807) is 0 Å². The topological polar surface area (TPSA) is 108 Å². The van der Waals surface area contributed by atoms with Gasteiger partial charge >= 0.3 is 5.97 Å². The molecule has 0 saturated carbocycles. The molecule has 0 saturated heterocycles. The van der Waals surface area contributed by atoms with Gasteiger partial charge in [-0.05, 0) is 0 Å². The zero-order valence-corrected chi connectivity index (χ0v) is 11.7. The van der Waals surface area contributed by atoms with Gasteiger partial charge in [0.1, 0.15) is 11.8 Å². The van der Waals surface area contributed by atoms with Crippen molar-refractivity contribution in [2.75, 3.05) is 17.1 Å². The molecular weight excluding hydrogens is 317 g/mol. The van der Waals surface area contributed by atoms with Crippen molar-refractivity contribution in [2.24, 2.45) is 0 Å². The van der Waals surface area contributed by atoms with Crippen molar-refractivity contribution in [1.29, 1.82) is 0 Å². The second-order valence-corrected chi connectivity index (χ2v) is 4.62. The smallest absolute Gasteiger partial charge is 0.332 e. The van der Waals surface area contributed by atoms with E-state index in [2.05, 4.69) is 15.6 Å². The number of thiazole rings is 1. The molecule has 7 nitrogen and oxygen atoms in total. The average Bonchev–Trinajstić information content (AvgIpc) is 2.83. The maximum Gasteiger partial charge on any atom is 0.332 e. The number of hydrogen-bond donors (Lipinski definition) is 3. The highest BCUT2D eigenvalue weighted by atomic mass is 35.5.